The van der Waals surface area contributed by atoms with Gasteiger partial charge in [0.25, 0.3) is 0 Å². The average Bonchev–Trinajstić information content (AvgIpc) is 2.03. The lowest BCUT2D eigenvalue weighted by atomic mass is 10.2. The van der Waals surface area contributed by atoms with Gasteiger partial charge in [-0.15, -0.1) is 0 Å². The molecule has 0 saturated carbocycles. The molecule has 0 aliphatic carbocycles. The third-order valence-electron chi connectivity index (χ3n) is 1.30. The van der Waals surface area contributed by atoms with Crippen molar-refractivity contribution >= 4 is 17.7 Å². The molecule has 0 fully saturated rings. The number of carboxylic acid groups (broad SMARTS) is 1. The lowest BCUT2D eigenvalue weighted by molar-refractivity contribution is 0.0690. The molecule has 0 spiro atoms. The largest absolute Gasteiger partial charge is 0.477 e. The summed E-state index contributed by atoms with van der Waals surface area (Å²) in [5.41, 5.74) is 6.19. The first-order valence-electron chi connectivity index (χ1n) is 3.27. The summed E-state index contributed by atoms with van der Waals surface area (Å²) < 4.78 is 0. The number of aromatic carboxylic acids is 1. The molecule has 0 radical (unpaired) electrons. The lowest BCUT2D eigenvalue weighted by Crippen LogP contribution is -2.02. The Bertz CT molecular complexity index is 334. The zero-order valence-electron chi connectivity index (χ0n) is 6.32. The molecule has 0 saturated heterocycles. The summed E-state index contributed by atoms with van der Waals surface area (Å²) in [5, 5.41) is 8.58. The average molecular weight is 164 g/mol. The first-order chi connectivity index (χ1) is 5.63. The minimum atomic E-state index is -1.09. The molecule has 0 unspecified atom stereocenters. The minimum Gasteiger partial charge on any atom is -0.477 e. The molecule has 1 aromatic rings. The fourth-order valence-electron chi connectivity index (χ4n) is 0.788. The van der Waals surface area contributed by atoms with Crippen molar-refractivity contribution in [3.8, 4) is 0 Å². The highest BCUT2D eigenvalue weighted by Crippen LogP contribution is 2.08. The van der Waals surface area contributed by atoms with Crippen LogP contribution in [0.2, 0.25) is 0 Å². The van der Waals surface area contributed by atoms with E-state index in [1.807, 2.05) is 0 Å². The fourth-order valence-corrected chi connectivity index (χ4v) is 0.788. The van der Waals surface area contributed by atoms with Gasteiger partial charge in [0.15, 0.2) is 5.69 Å². The zero-order chi connectivity index (χ0) is 9.14. The van der Waals surface area contributed by atoms with Crippen LogP contribution in [-0.2, 0) is 0 Å². The zero-order valence-corrected chi connectivity index (χ0v) is 6.32. The number of nitrogen functional groups attached to an aromatic ring is 1. The van der Waals surface area contributed by atoms with Crippen LogP contribution >= 0.6 is 0 Å². The van der Waals surface area contributed by atoms with E-state index in [9.17, 15) is 4.79 Å². The van der Waals surface area contributed by atoms with E-state index < -0.39 is 5.97 Å². The molecular weight excluding hydrogens is 156 g/mol. The molecule has 0 amide bonds. The number of anilines is 1. The van der Waals surface area contributed by atoms with Gasteiger partial charge in [-0.05, 0) is 18.2 Å². The van der Waals surface area contributed by atoms with Crippen LogP contribution in [0, 0.1) is 0 Å². The van der Waals surface area contributed by atoms with Crippen molar-refractivity contribution in [1.29, 1.82) is 0 Å². The van der Waals surface area contributed by atoms with Crippen molar-refractivity contribution in [2.75, 3.05) is 5.73 Å². The van der Waals surface area contributed by atoms with E-state index in [-0.39, 0.29) is 5.69 Å². The summed E-state index contributed by atoms with van der Waals surface area (Å²) in [4.78, 5) is 14.2. The van der Waals surface area contributed by atoms with Crippen LogP contribution in [0.25, 0.3) is 6.08 Å². The van der Waals surface area contributed by atoms with Crippen LogP contribution in [0.15, 0.2) is 18.7 Å². The minimum absolute atomic E-state index is 0.0649. The van der Waals surface area contributed by atoms with Crippen molar-refractivity contribution in [2.45, 2.75) is 0 Å². The summed E-state index contributed by atoms with van der Waals surface area (Å²) in [6.45, 7) is 3.46. The van der Waals surface area contributed by atoms with Crippen molar-refractivity contribution in [1.82, 2.24) is 4.98 Å². The van der Waals surface area contributed by atoms with E-state index in [4.69, 9.17) is 10.8 Å². The van der Waals surface area contributed by atoms with Crippen LogP contribution in [0.3, 0.4) is 0 Å². The topological polar surface area (TPSA) is 76.2 Å². The summed E-state index contributed by atoms with van der Waals surface area (Å²) in [7, 11) is 0. The third kappa shape index (κ3) is 1.60. The van der Waals surface area contributed by atoms with Gasteiger partial charge in [-0.25, -0.2) is 9.78 Å². The van der Waals surface area contributed by atoms with Crippen molar-refractivity contribution in [3.63, 3.8) is 0 Å². The molecule has 1 aromatic heterocycles. The van der Waals surface area contributed by atoms with Crippen LogP contribution < -0.4 is 5.73 Å². The maximum atomic E-state index is 10.5. The van der Waals surface area contributed by atoms with Gasteiger partial charge in [-0.1, -0.05) is 6.58 Å². The first kappa shape index (κ1) is 8.26. The Hall–Kier alpha value is -1.84. The SMILES string of the molecule is C=Cc1cc(N)cc(C(=O)O)n1. The van der Waals surface area contributed by atoms with E-state index in [0.717, 1.165) is 0 Å². The molecule has 0 aliphatic rings. The molecule has 0 aliphatic heterocycles. The molecule has 1 rings (SSSR count). The van der Waals surface area contributed by atoms with Gasteiger partial charge in [0.2, 0.25) is 0 Å². The molecule has 1 heterocycles. The Balaban J connectivity index is 3.23. The summed E-state index contributed by atoms with van der Waals surface area (Å²) >= 11 is 0. The van der Waals surface area contributed by atoms with E-state index in [0.29, 0.717) is 11.4 Å². The highest BCUT2D eigenvalue weighted by atomic mass is 16.4. The second-order valence-corrected chi connectivity index (χ2v) is 2.22. The van der Waals surface area contributed by atoms with Gasteiger partial charge < -0.3 is 10.8 Å². The number of aromatic nitrogens is 1. The molecule has 0 aromatic carbocycles. The van der Waals surface area contributed by atoms with Crippen molar-refractivity contribution < 1.29 is 9.90 Å². The third-order valence-corrected chi connectivity index (χ3v) is 1.30. The molecule has 0 bridgehead atoms. The first-order valence-corrected chi connectivity index (χ1v) is 3.27. The molecule has 12 heavy (non-hydrogen) atoms. The molecule has 0 atom stereocenters. The molecule has 4 heteroatoms. The van der Waals surface area contributed by atoms with E-state index >= 15 is 0 Å². The van der Waals surface area contributed by atoms with Crippen LogP contribution in [-0.4, -0.2) is 16.1 Å². The number of nitrogens with two attached hydrogens (primary N) is 1. The smallest absolute Gasteiger partial charge is 0.354 e. The predicted molar refractivity (Wildman–Crippen MR) is 45.7 cm³/mol. The Morgan fingerprint density at radius 1 is 1.67 bits per heavy atom. The highest BCUT2D eigenvalue weighted by molar-refractivity contribution is 5.86. The number of pyridine rings is 1. The number of carboxylic acids is 1. The standard InChI is InChI=1S/C8H8N2O2/c1-2-6-3-5(9)4-7(10-6)8(11)12/h2-4H,1H2,(H2,9,10)(H,11,12). The Kier molecular flexibility index (Phi) is 2.09. The van der Waals surface area contributed by atoms with Crippen molar-refractivity contribution in [2.24, 2.45) is 0 Å². The molecule has 3 N–H and O–H groups in total. The van der Waals surface area contributed by atoms with Gasteiger partial charge in [0.1, 0.15) is 0 Å². The highest BCUT2D eigenvalue weighted by Gasteiger charge is 2.05. The number of carbonyl (C=O) groups is 1. The fraction of sp³-hybridized carbons (Fsp3) is 0. The second-order valence-electron chi connectivity index (χ2n) is 2.22. The van der Waals surface area contributed by atoms with Crippen LogP contribution in [0.5, 0.6) is 0 Å². The van der Waals surface area contributed by atoms with E-state index in [1.165, 1.54) is 12.1 Å². The van der Waals surface area contributed by atoms with Gasteiger partial charge >= 0.3 is 5.97 Å². The molecular formula is C8H8N2O2. The van der Waals surface area contributed by atoms with E-state index in [1.54, 1.807) is 6.07 Å². The van der Waals surface area contributed by atoms with E-state index in [2.05, 4.69) is 11.6 Å². The monoisotopic (exact) mass is 164 g/mol. The number of hydrogen-bond acceptors (Lipinski definition) is 3. The van der Waals surface area contributed by atoms with Crippen molar-refractivity contribution in [3.05, 3.63) is 30.1 Å². The molecule has 62 valence electrons. The maximum absolute atomic E-state index is 10.5. The molecule has 4 nitrogen and oxygen atoms in total. The van der Waals surface area contributed by atoms with Crippen LogP contribution in [0.1, 0.15) is 16.2 Å². The normalized spacial score (nSPS) is 9.33. The van der Waals surface area contributed by atoms with Crippen LogP contribution in [0.4, 0.5) is 5.69 Å². The lowest BCUT2D eigenvalue weighted by Gasteiger charge is -1.98. The number of hydrogen-bond donors (Lipinski definition) is 2. The summed E-state index contributed by atoms with van der Waals surface area (Å²) in [5.74, 6) is -1.09. The Morgan fingerprint density at radius 3 is 2.83 bits per heavy atom. The number of rotatable bonds is 2. The van der Waals surface area contributed by atoms with Gasteiger partial charge in [-0.2, -0.15) is 0 Å². The quantitative estimate of drug-likeness (QED) is 0.683. The number of nitrogens with zero attached hydrogens (tertiary/aromatic N) is 1. The maximum Gasteiger partial charge on any atom is 0.354 e. The van der Waals surface area contributed by atoms with Gasteiger partial charge in [0.05, 0.1) is 5.69 Å². The van der Waals surface area contributed by atoms with Gasteiger partial charge in [-0.3, -0.25) is 0 Å². The second kappa shape index (κ2) is 3.04. The Labute approximate surface area is 69.4 Å². The predicted octanol–water partition coefficient (Wildman–Crippen LogP) is 1.01. The van der Waals surface area contributed by atoms with Gasteiger partial charge in [0, 0.05) is 5.69 Å². The summed E-state index contributed by atoms with van der Waals surface area (Å²) in [6, 6.07) is 2.86. The Morgan fingerprint density at radius 2 is 2.33 bits per heavy atom. The summed E-state index contributed by atoms with van der Waals surface area (Å²) in [6.07, 6.45) is 1.45.